The summed E-state index contributed by atoms with van der Waals surface area (Å²) in [6.45, 7) is 9.40. The van der Waals surface area contributed by atoms with Gasteiger partial charge in [0.1, 0.15) is 6.04 Å². The molecule has 17 heavy (non-hydrogen) atoms. The van der Waals surface area contributed by atoms with Crippen LogP contribution in [-0.2, 0) is 9.59 Å². The highest BCUT2D eigenvalue weighted by Crippen LogP contribution is 2.02. The van der Waals surface area contributed by atoms with E-state index in [4.69, 9.17) is 5.73 Å². The molecule has 4 N–H and O–H groups in total. The van der Waals surface area contributed by atoms with Crippen molar-refractivity contribution in [3.63, 3.8) is 0 Å². The van der Waals surface area contributed by atoms with Crippen molar-refractivity contribution in [2.24, 2.45) is 11.7 Å². The smallest absolute Gasteiger partial charge is 0.242 e. The first-order valence-electron chi connectivity index (χ1n) is 6.10. The quantitative estimate of drug-likeness (QED) is 0.631. The van der Waals surface area contributed by atoms with Crippen LogP contribution in [-0.4, -0.2) is 29.9 Å². The molecule has 5 heteroatoms. The summed E-state index contributed by atoms with van der Waals surface area (Å²) >= 11 is 0. The van der Waals surface area contributed by atoms with Crippen LogP contribution in [0.5, 0.6) is 0 Å². The highest BCUT2D eigenvalue weighted by Gasteiger charge is 2.20. The van der Waals surface area contributed by atoms with Gasteiger partial charge in [0.2, 0.25) is 11.8 Å². The zero-order chi connectivity index (χ0) is 13.6. The van der Waals surface area contributed by atoms with Crippen LogP contribution < -0.4 is 16.4 Å². The van der Waals surface area contributed by atoms with E-state index in [2.05, 4.69) is 10.6 Å². The molecule has 0 spiro atoms. The lowest BCUT2D eigenvalue weighted by atomic mass is 10.0. The normalized spacial score (nSPS) is 14.6. The van der Waals surface area contributed by atoms with Gasteiger partial charge < -0.3 is 16.4 Å². The number of hydrogen-bond donors (Lipinski definition) is 3. The zero-order valence-electron chi connectivity index (χ0n) is 11.4. The van der Waals surface area contributed by atoms with E-state index in [1.54, 1.807) is 6.92 Å². The van der Waals surface area contributed by atoms with Gasteiger partial charge in [0.25, 0.3) is 0 Å². The first kappa shape index (κ1) is 15.9. The first-order chi connectivity index (χ1) is 7.73. The predicted molar refractivity (Wildman–Crippen MR) is 68.3 cm³/mol. The molecule has 100 valence electrons. The van der Waals surface area contributed by atoms with Gasteiger partial charge in [-0.25, -0.2) is 0 Å². The molecular formula is C12H25N3O2. The maximum absolute atomic E-state index is 11.7. The fourth-order valence-corrected chi connectivity index (χ4v) is 1.41. The Kier molecular flexibility index (Phi) is 6.80. The Balaban J connectivity index is 4.15. The molecule has 2 atom stereocenters. The number of carbonyl (C=O) groups is 2. The van der Waals surface area contributed by atoms with Gasteiger partial charge in [0, 0.05) is 6.04 Å². The van der Waals surface area contributed by atoms with E-state index in [1.807, 2.05) is 27.7 Å². The van der Waals surface area contributed by atoms with Crippen LogP contribution in [0.2, 0.25) is 0 Å². The summed E-state index contributed by atoms with van der Waals surface area (Å²) in [6, 6.07) is -1.04. The van der Waals surface area contributed by atoms with E-state index in [9.17, 15) is 9.59 Å². The minimum atomic E-state index is -0.553. The molecule has 0 radical (unpaired) electrons. The molecule has 2 amide bonds. The van der Waals surface area contributed by atoms with Crippen LogP contribution in [0.4, 0.5) is 0 Å². The number of carbonyl (C=O) groups excluding carboxylic acids is 2. The Morgan fingerprint density at radius 1 is 1.00 bits per heavy atom. The number of nitrogens with two attached hydrogens (primary N) is 1. The molecular weight excluding hydrogens is 218 g/mol. The van der Waals surface area contributed by atoms with E-state index in [1.165, 1.54) is 0 Å². The Hall–Kier alpha value is -1.10. The van der Waals surface area contributed by atoms with Crippen molar-refractivity contribution in [1.82, 2.24) is 10.6 Å². The van der Waals surface area contributed by atoms with Gasteiger partial charge in [-0.1, -0.05) is 13.8 Å². The number of rotatable bonds is 6. The summed E-state index contributed by atoms with van der Waals surface area (Å²) in [5.74, 6) is -0.106. The van der Waals surface area contributed by atoms with Crippen molar-refractivity contribution in [3.8, 4) is 0 Å². The van der Waals surface area contributed by atoms with Crippen molar-refractivity contribution in [2.45, 2.75) is 59.2 Å². The summed E-state index contributed by atoms with van der Waals surface area (Å²) < 4.78 is 0. The van der Waals surface area contributed by atoms with Crippen molar-refractivity contribution in [3.05, 3.63) is 0 Å². The van der Waals surface area contributed by atoms with E-state index in [0.717, 1.165) is 0 Å². The van der Waals surface area contributed by atoms with Gasteiger partial charge in [0.15, 0.2) is 0 Å². The third-order valence-electron chi connectivity index (χ3n) is 2.25. The predicted octanol–water partition coefficient (Wildman–Crippen LogP) is 0.389. The van der Waals surface area contributed by atoms with Gasteiger partial charge in [-0.2, -0.15) is 0 Å². The number of hydrogen-bond acceptors (Lipinski definition) is 3. The molecule has 0 bridgehead atoms. The second-order valence-corrected chi connectivity index (χ2v) is 5.13. The van der Waals surface area contributed by atoms with Gasteiger partial charge >= 0.3 is 0 Å². The molecule has 1 unspecified atom stereocenters. The molecule has 0 rings (SSSR count). The Morgan fingerprint density at radius 3 is 1.94 bits per heavy atom. The van der Waals surface area contributed by atoms with Crippen LogP contribution >= 0.6 is 0 Å². The molecule has 0 aromatic carbocycles. The molecule has 0 aliphatic heterocycles. The minimum absolute atomic E-state index is 0.0613. The van der Waals surface area contributed by atoms with Gasteiger partial charge in [-0.3, -0.25) is 9.59 Å². The standard InChI is InChI=1S/C12H25N3O2/c1-7(2)6-10(13)12(17)15-9(5)11(16)14-8(3)4/h7-10H,6,13H2,1-5H3,(H,14,16)(H,15,17)/t9?,10-/m1/s1. The largest absolute Gasteiger partial charge is 0.352 e. The average molecular weight is 243 g/mol. The monoisotopic (exact) mass is 243 g/mol. The third-order valence-corrected chi connectivity index (χ3v) is 2.25. The fourth-order valence-electron chi connectivity index (χ4n) is 1.41. The van der Waals surface area contributed by atoms with E-state index >= 15 is 0 Å². The minimum Gasteiger partial charge on any atom is -0.352 e. The van der Waals surface area contributed by atoms with Crippen LogP contribution in [0.1, 0.15) is 41.0 Å². The zero-order valence-corrected chi connectivity index (χ0v) is 11.4. The van der Waals surface area contributed by atoms with Crippen LogP contribution in [0.3, 0.4) is 0 Å². The molecule has 0 aliphatic carbocycles. The fraction of sp³-hybridized carbons (Fsp3) is 0.833. The summed E-state index contributed by atoms with van der Waals surface area (Å²) in [6.07, 6.45) is 0.615. The van der Waals surface area contributed by atoms with Crippen molar-refractivity contribution in [2.75, 3.05) is 0 Å². The van der Waals surface area contributed by atoms with E-state index < -0.39 is 12.1 Å². The van der Waals surface area contributed by atoms with Crippen LogP contribution in [0.25, 0.3) is 0 Å². The Bertz CT molecular complexity index is 264. The number of amides is 2. The highest BCUT2D eigenvalue weighted by atomic mass is 16.2. The second-order valence-electron chi connectivity index (χ2n) is 5.13. The van der Waals surface area contributed by atoms with Gasteiger partial charge in [-0.15, -0.1) is 0 Å². The highest BCUT2D eigenvalue weighted by molar-refractivity contribution is 5.89. The van der Waals surface area contributed by atoms with Crippen LogP contribution in [0.15, 0.2) is 0 Å². The van der Waals surface area contributed by atoms with E-state index in [0.29, 0.717) is 12.3 Å². The van der Waals surface area contributed by atoms with Crippen molar-refractivity contribution in [1.29, 1.82) is 0 Å². The lowest BCUT2D eigenvalue weighted by molar-refractivity contribution is -0.129. The summed E-state index contributed by atoms with van der Waals surface area (Å²) in [5.41, 5.74) is 5.72. The molecule has 0 saturated heterocycles. The van der Waals surface area contributed by atoms with Crippen LogP contribution in [0, 0.1) is 5.92 Å². The summed E-state index contributed by atoms with van der Waals surface area (Å²) in [4.78, 5) is 23.2. The molecule has 0 heterocycles. The molecule has 0 aromatic rings. The lowest BCUT2D eigenvalue weighted by Crippen LogP contribution is -2.51. The molecule has 0 aromatic heterocycles. The summed E-state index contributed by atoms with van der Waals surface area (Å²) in [5, 5.41) is 5.35. The average Bonchev–Trinajstić information content (AvgIpc) is 2.15. The lowest BCUT2D eigenvalue weighted by Gasteiger charge is -2.19. The van der Waals surface area contributed by atoms with E-state index in [-0.39, 0.29) is 17.9 Å². The number of nitrogens with one attached hydrogen (secondary N) is 2. The van der Waals surface area contributed by atoms with Crippen molar-refractivity contribution < 1.29 is 9.59 Å². The second kappa shape index (κ2) is 7.27. The van der Waals surface area contributed by atoms with Gasteiger partial charge in [-0.05, 0) is 33.1 Å². The third kappa shape index (κ3) is 6.94. The molecule has 0 aliphatic rings. The topological polar surface area (TPSA) is 84.2 Å². The van der Waals surface area contributed by atoms with Crippen molar-refractivity contribution >= 4 is 11.8 Å². The van der Waals surface area contributed by atoms with Gasteiger partial charge in [0.05, 0.1) is 6.04 Å². The first-order valence-corrected chi connectivity index (χ1v) is 6.10. The summed E-state index contributed by atoms with van der Waals surface area (Å²) in [7, 11) is 0. The maximum Gasteiger partial charge on any atom is 0.242 e. The SMILES string of the molecule is CC(C)C[C@@H](N)C(=O)NC(C)C(=O)NC(C)C. The molecule has 0 saturated carbocycles. The molecule has 0 fully saturated rings. The maximum atomic E-state index is 11.7. The Labute approximate surface area is 104 Å². The molecule has 5 nitrogen and oxygen atoms in total. The Morgan fingerprint density at radius 2 is 1.53 bits per heavy atom.